The molecule has 0 aromatic heterocycles. The highest BCUT2D eigenvalue weighted by Crippen LogP contribution is 2.23. The van der Waals surface area contributed by atoms with Crippen LogP contribution in [0.3, 0.4) is 0 Å². The number of nitrogens with one attached hydrogen (secondary N) is 2. The summed E-state index contributed by atoms with van der Waals surface area (Å²) in [6.07, 6.45) is 0. The minimum atomic E-state index is -0.643. The second kappa shape index (κ2) is 8.81. The fraction of sp³-hybridized carbons (Fsp3) is 0.0909. The smallest absolute Gasteiger partial charge is 0.254 e. The zero-order valence-corrected chi connectivity index (χ0v) is 15.2. The lowest BCUT2D eigenvalue weighted by Gasteiger charge is -2.09. The minimum Gasteiger partial charge on any atom is -0.457 e. The Kier molecular flexibility index (Phi) is 6.01. The molecule has 2 amide bonds. The number of carbonyl (C=O) groups excluding carboxylic acids is 2. The standard InChI is InChI=1S/C22H19FN2O3/c1-15-5-4-6-18(13-15)28-17-11-9-16(10-12-17)25-21(26)14-24-22(27)19-7-2-3-8-20(19)23/h2-13H,14H2,1H3,(H,24,27)(H,25,26). The van der Waals surface area contributed by atoms with Crippen LogP contribution in [0.1, 0.15) is 15.9 Å². The Morgan fingerprint density at radius 3 is 2.39 bits per heavy atom. The van der Waals surface area contributed by atoms with E-state index in [0.717, 1.165) is 11.3 Å². The van der Waals surface area contributed by atoms with Crippen LogP contribution in [-0.2, 0) is 4.79 Å². The quantitative estimate of drug-likeness (QED) is 0.672. The van der Waals surface area contributed by atoms with Crippen LogP contribution >= 0.6 is 0 Å². The number of ether oxygens (including phenoxy) is 1. The van der Waals surface area contributed by atoms with E-state index in [1.165, 1.54) is 18.2 Å². The predicted octanol–water partition coefficient (Wildman–Crippen LogP) is 4.29. The largest absolute Gasteiger partial charge is 0.457 e. The molecule has 0 unspecified atom stereocenters. The van der Waals surface area contributed by atoms with Gasteiger partial charge < -0.3 is 15.4 Å². The summed E-state index contributed by atoms with van der Waals surface area (Å²) in [4.78, 5) is 23.9. The summed E-state index contributed by atoms with van der Waals surface area (Å²) in [5, 5.41) is 5.05. The lowest BCUT2D eigenvalue weighted by atomic mass is 10.2. The molecule has 142 valence electrons. The number of benzene rings is 3. The van der Waals surface area contributed by atoms with Crippen molar-refractivity contribution in [3.63, 3.8) is 0 Å². The first-order valence-corrected chi connectivity index (χ1v) is 8.68. The SMILES string of the molecule is Cc1cccc(Oc2ccc(NC(=O)CNC(=O)c3ccccc3F)cc2)c1. The van der Waals surface area contributed by atoms with Gasteiger partial charge in [-0.25, -0.2) is 4.39 Å². The predicted molar refractivity (Wildman–Crippen MR) is 105 cm³/mol. The van der Waals surface area contributed by atoms with Crippen molar-refractivity contribution < 1.29 is 18.7 Å². The Morgan fingerprint density at radius 2 is 1.68 bits per heavy atom. The topological polar surface area (TPSA) is 67.4 Å². The number of amides is 2. The number of carbonyl (C=O) groups is 2. The Morgan fingerprint density at radius 1 is 0.929 bits per heavy atom. The van der Waals surface area contributed by atoms with Crippen LogP contribution in [0.4, 0.5) is 10.1 Å². The van der Waals surface area contributed by atoms with Crippen molar-refractivity contribution in [1.82, 2.24) is 5.32 Å². The molecule has 0 fully saturated rings. The molecule has 0 saturated carbocycles. The third-order valence-electron chi connectivity index (χ3n) is 3.89. The minimum absolute atomic E-state index is 0.104. The Hall–Kier alpha value is -3.67. The number of halogens is 1. The van der Waals surface area contributed by atoms with E-state index in [0.29, 0.717) is 11.4 Å². The van der Waals surface area contributed by atoms with E-state index in [4.69, 9.17) is 4.74 Å². The molecule has 0 atom stereocenters. The van der Waals surface area contributed by atoms with Gasteiger partial charge in [0, 0.05) is 5.69 Å². The summed E-state index contributed by atoms with van der Waals surface area (Å²) in [7, 11) is 0. The van der Waals surface area contributed by atoms with E-state index in [9.17, 15) is 14.0 Å². The van der Waals surface area contributed by atoms with Gasteiger partial charge >= 0.3 is 0 Å². The summed E-state index contributed by atoms with van der Waals surface area (Å²) < 4.78 is 19.3. The lowest BCUT2D eigenvalue weighted by molar-refractivity contribution is -0.115. The van der Waals surface area contributed by atoms with Crippen LogP contribution in [0.15, 0.2) is 72.8 Å². The Bertz CT molecular complexity index is 987. The van der Waals surface area contributed by atoms with E-state index >= 15 is 0 Å². The number of hydrogen-bond donors (Lipinski definition) is 2. The van der Waals surface area contributed by atoms with E-state index < -0.39 is 17.6 Å². The van der Waals surface area contributed by atoms with Gasteiger partial charge in [0.2, 0.25) is 5.91 Å². The third kappa shape index (κ3) is 5.17. The van der Waals surface area contributed by atoms with Crippen LogP contribution in [0, 0.1) is 12.7 Å². The molecular formula is C22H19FN2O3. The summed E-state index contributed by atoms with van der Waals surface area (Å²) >= 11 is 0. The molecule has 0 heterocycles. The first kappa shape index (κ1) is 19.1. The highest BCUT2D eigenvalue weighted by atomic mass is 19.1. The monoisotopic (exact) mass is 378 g/mol. The van der Waals surface area contributed by atoms with Crippen molar-refractivity contribution in [1.29, 1.82) is 0 Å². The Balaban J connectivity index is 1.51. The highest BCUT2D eigenvalue weighted by molar-refractivity contribution is 5.99. The maximum atomic E-state index is 13.6. The van der Waals surface area contributed by atoms with E-state index in [1.807, 2.05) is 31.2 Å². The first-order valence-electron chi connectivity index (χ1n) is 8.68. The van der Waals surface area contributed by atoms with Crippen molar-refractivity contribution in [2.45, 2.75) is 6.92 Å². The van der Waals surface area contributed by atoms with Gasteiger partial charge in [0.25, 0.3) is 5.91 Å². The van der Waals surface area contributed by atoms with Crippen molar-refractivity contribution >= 4 is 17.5 Å². The zero-order chi connectivity index (χ0) is 19.9. The summed E-state index contributed by atoms with van der Waals surface area (Å²) in [6.45, 7) is 1.71. The van der Waals surface area contributed by atoms with E-state index in [-0.39, 0.29) is 12.1 Å². The third-order valence-corrected chi connectivity index (χ3v) is 3.89. The molecule has 0 bridgehead atoms. The molecular weight excluding hydrogens is 359 g/mol. The highest BCUT2D eigenvalue weighted by Gasteiger charge is 2.12. The summed E-state index contributed by atoms with van der Waals surface area (Å²) in [5.74, 6) is -0.333. The number of aryl methyl sites for hydroxylation is 1. The Labute approximate surface area is 162 Å². The van der Waals surface area contributed by atoms with Gasteiger partial charge in [-0.3, -0.25) is 9.59 Å². The molecule has 3 aromatic carbocycles. The molecule has 0 aliphatic rings. The average Bonchev–Trinajstić information content (AvgIpc) is 2.68. The molecule has 0 aliphatic heterocycles. The van der Waals surface area contributed by atoms with Gasteiger partial charge in [-0.05, 0) is 61.0 Å². The van der Waals surface area contributed by atoms with Gasteiger partial charge in [-0.2, -0.15) is 0 Å². The van der Waals surface area contributed by atoms with Crippen molar-refractivity contribution in [3.05, 3.63) is 89.7 Å². The molecule has 2 N–H and O–H groups in total. The van der Waals surface area contributed by atoms with Crippen molar-refractivity contribution in [2.24, 2.45) is 0 Å². The fourth-order valence-electron chi connectivity index (χ4n) is 2.53. The number of rotatable bonds is 6. The molecule has 3 rings (SSSR count). The molecule has 28 heavy (non-hydrogen) atoms. The second-order valence-corrected chi connectivity index (χ2v) is 6.15. The molecule has 3 aromatic rings. The van der Waals surface area contributed by atoms with E-state index in [1.54, 1.807) is 30.3 Å². The van der Waals surface area contributed by atoms with Gasteiger partial charge in [-0.15, -0.1) is 0 Å². The number of hydrogen-bond acceptors (Lipinski definition) is 3. The molecule has 0 saturated heterocycles. The molecule has 6 heteroatoms. The van der Waals surface area contributed by atoms with Crippen LogP contribution in [0.2, 0.25) is 0 Å². The van der Waals surface area contributed by atoms with Crippen LogP contribution in [0.25, 0.3) is 0 Å². The molecule has 5 nitrogen and oxygen atoms in total. The molecule has 0 spiro atoms. The maximum absolute atomic E-state index is 13.6. The summed E-state index contributed by atoms with van der Waals surface area (Å²) in [5.41, 5.74) is 1.55. The maximum Gasteiger partial charge on any atom is 0.254 e. The van der Waals surface area contributed by atoms with E-state index in [2.05, 4.69) is 10.6 Å². The van der Waals surface area contributed by atoms with Crippen molar-refractivity contribution in [2.75, 3.05) is 11.9 Å². The normalized spacial score (nSPS) is 10.2. The molecule has 0 radical (unpaired) electrons. The van der Waals surface area contributed by atoms with Gasteiger partial charge in [-0.1, -0.05) is 24.3 Å². The van der Waals surface area contributed by atoms with Gasteiger partial charge in [0.15, 0.2) is 0 Å². The first-order chi connectivity index (χ1) is 13.5. The average molecular weight is 378 g/mol. The lowest BCUT2D eigenvalue weighted by Crippen LogP contribution is -2.33. The second-order valence-electron chi connectivity index (χ2n) is 6.15. The van der Waals surface area contributed by atoms with Crippen LogP contribution in [0.5, 0.6) is 11.5 Å². The van der Waals surface area contributed by atoms with Crippen LogP contribution < -0.4 is 15.4 Å². The zero-order valence-electron chi connectivity index (χ0n) is 15.2. The van der Waals surface area contributed by atoms with Gasteiger partial charge in [0.05, 0.1) is 12.1 Å². The fourth-order valence-corrected chi connectivity index (χ4v) is 2.53. The number of anilines is 1. The van der Waals surface area contributed by atoms with Gasteiger partial charge in [0.1, 0.15) is 17.3 Å². The molecule has 0 aliphatic carbocycles. The van der Waals surface area contributed by atoms with Crippen molar-refractivity contribution in [3.8, 4) is 11.5 Å². The summed E-state index contributed by atoms with van der Waals surface area (Å²) in [6, 6.07) is 20.1. The van der Waals surface area contributed by atoms with Crippen LogP contribution in [-0.4, -0.2) is 18.4 Å².